The van der Waals surface area contributed by atoms with Crippen molar-refractivity contribution in [1.82, 2.24) is 4.90 Å². The molecule has 5 heteroatoms. The zero-order chi connectivity index (χ0) is 14.5. The summed E-state index contributed by atoms with van der Waals surface area (Å²) < 4.78 is 0. The molecule has 1 fully saturated rings. The molecule has 1 heterocycles. The summed E-state index contributed by atoms with van der Waals surface area (Å²) in [4.78, 5) is 27.1. The molecule has 1 aromatic rings. The second-order valence-electron chi connectivity index (χ2n) is 4.85. The van der Waals surface area contributed by atoms with Crippen LogP contribution in [0.4, 0.5) is 5.69 Å². The predicted octanol–water partition coefficient (Wildman–Crippen LogP) is 1.53. The standard InChI is InChI=1S/C15H17N3O2/c1-12(19)18(11-15(20)17-8-2-3-9-17)14-6-4-13(10-16)5-7-14/h4-7H,2-3,8-9,11H2,1H3. The molecule has 1 aliphatic rings. The zero-order valence-corrected chi connectivity index (χ0v) is 11.5. The fraction of sp³-hybridized carbons (Fsp3) is 0.400. The smallest absolute Gasteiger partial charge is 0.242 e. The Morgan fingerprint density at radius 2 is 1.85 bits per heavy atom. The second kappa shape index (κ2) is 6.20. The number of likely N-dealkylation sites (tertiary alicyclic amines) is 1. The number of benzene rings is 1. The number of hydrogen-bond acceptors (Lipinski definition) is 3. The summed E-state index contributed by atoms with van der Waals surface area (Å²) in [6.45, 7) is 3.05. The summed E-state index contributed by atoms with van der Waals surface area (Å²) in [6.07, 6.45) is 2.06. The van der Waals surface area contributed by atoms with Crippen molar-refractivity contribution in [1.29, 1.82) is 5.26 Å². The molecule has 0 unspecified atom stereocenters. The van der Waals surface area contributed by atoms with Crippen LogP contribution in [-0.2, 0) is 9.59 Å². The molecule has 1 aliphatic heterocycles. The van der Waals surface area contributed by atoms with Gasteiger partial charge in [-0.1, -0.05) is 0 Å². The number of carbonyl (C=O) groups is 2. The largest absolute Gasteiger partial charge is 0.341 e. The van der Waals surface area contributed by atoms with E-state index in [0.717, 1.165) is 25.9 Å². The molecule has 2 rings (SSSR count). The van der Waals surface area contributed by atoms with E-state index in [4.69, 9.17) is 5.26 Å². The van der Waals surface area contributed by atoms with Crippen LogP contribution in [0.1, 0.15) is 25.3 Å². The number of nitrogens with zero attached hydrogens (tertiary/aromatic N) is 3. The van der Waals surface area contributed by atoms with E-state index in [-0.39, 0.29) is 18.4 Å². The molecule has 0 N–H and O–H groups in total. The van der Waals surface area contributed by atoms with Gasteiger partial charge in [-0.3, -0.25) is 9.59 Å². The Morgan fingerprint density at radius 3 is 2.35 bits per heavy atom. The first kappa shape index (κ1) is 14.1. The number of anilines is 1. The Labute approximate surface area is 118 Å². The Balaban J connectivity index is 2.12. The molecule has 0 radical (unpaired) electrons. The van der Waals surface area contributed by atoms with Crippen molar-refractivity contribution in [3.05, 3.63) is 29.8 Å². The van der Waals surface area contributed by atoms with Crippen molar-refractivity contribution in [3.63, 3.8) is 0 Å². The molecule has 0 aromatic heterocycles. The van der Waals surface area contributed by atoms with Crippen molar-refractivity contribution in [2.75, 3.05) is 24.5 Å². The highest BCUT2D eigenvalue weighted by Gasteiger charge is 2.22. The quantitative estimate of drug-likeness (QED) is 0.837. The number of hydrogen-bond donors (Lipinski definition) is 0. The number of nitriles is 1. The number of carbonyl (C=O) groups excluding carboxylic acids is 2. The van der Waals surface area contributed by atoms with Crippen LogP contribution in [0.5, 0.6) is 0 Å². The maximum absolute atomic E-state index is 12.1. The van der Waals surface area contributed by atoms with Crippen molar-refractivity contribution < 1.29 is 9.59 Å². The monoisotopic (exact) mass is 271 g/mol. The SMILES string of the molecule is CC(=O)N(CC(=O)N1CCCC1)c1ccc(C#N)cc1. The van der Waals surface area contributed by atoms with Gasteiger partial charge in [0.1, 0.15) is 6.54 Å². The second-order valence-corrected chi connectivity index (χ2v) is 4.85. The maximum Gasteiger partial charge on any atom is 0.242 e. The Bertz CT molecular complexity index is 539. The number of amides is 2. The van der Waals surface area contributed by atoms with E-state index in [1.165, 1.54) is 11.8 Å². The summed E-state index contributed by atoms with van der Waals surface area (Å²) in [7, 11) is 0. The van der Waals surface area contributed by atoms with Gasteiger partial charge in [-0.15, -0.1) is 0 Å². The van der Waals surface area contributed by atoms with Gasteiger partial charge in [0.2, 0.25) is 11.8 Å². The van der Waals surface area contributed by atoms with Crippen LogP contribution in [0.3, 0.4) is 0 Å². The lowest BCUT2D eigenvalue weighted by Crippen LogP contribution is -2.41. The van der Waals surface area contributed by atoms with Crippen LogP contribution in [0, 0.1) is 11.3 Å². The van der Waals surface area contributed by atoms with Gasteiger partial charge in [-0.2, -0.15) is 5.26 Å². The fourth-order valence-corrected chi connectivity index (χ4v) is 2.30. The topological polar surface area (TPSA) is 64.4 Å². The third kappa shape index (κ3) is 3.15. The van der Waals surface area contributed by atoms with Gasteiger partial charge >= 0.3 is 0 Å². The maximum atomic E-state index is 12.1. The van der Waals surface area contributed by atoms with Gasteiger partial charge in [-0.25, -0.2) is 0 Å². The van der Waals surface area contributed by atoms with Crippen LogP contribution in [0.25, 0.3) is 0 Å². The molecule has 2 amide bonds. The summed E-state index contributed by atoms with van der Waals surface area (Å²) in [5.41, 5.74) is 1.17. The van der Waals surface area contributed by atoms with E-state index < -0.39 is 0 Å². The first-order valence-electron chi connectivity index (χ1n) is 6.68. The molecule has 0 spiro atoms. The fourth-order valence-electron chi connectivity index (χ4n) is 2.30. The van der Waals surface area contributed by atoms with Gasteiger partial charge in [0.15, 0.2) is 0 Å². The van der Waals surface area contributed by atoms with Crippen molar-refractivity contribution in [2.45, 2.75) is 19.8 Å². The van der Waals surface area contributed by atoms with Gasteiger partial charge in [0.05, 0.1) is 11.6 Å². The lowest BCUT2D eigenvalue weighted by molar-refractivity contribution is -0.130. The predicted molar refractivity (Wildman–Crippen MR) is 75.0 cm³/mol. The van der Waals surface area contributed by atoms with E-state index in [1.807, 2.05) is 6.07 Å². The summed E-state index contributed by atoms with van der Waals surface area (Å²) in [5, 5.41) is 8.77. The molecule has 0 atom stereocenters. The summed E-state index contributed by atoms with van der Waals surface area (Å²) in [5.74, 6) is -0.204. The zero-order valence-electron chi connectivity index (χ0n) is 11.5. The normalized spacial score (nSPS) is 13.9. The molecule has 1 aromatic carbocycles. The third-order valence-electron chi connectivity index (χ3n) is 3.44. The molecule has 1 saturated heterocycles. The van der Waals surface area contributed by atoms with E-state index in [2.05, 4.69) is 0 Å². The minimum absolute atomic E-state index is 0.0259. The average Bonchev–Trinajstić information content (AvgIpc) is 2.98. The highest BCUT2D eigenvalue weighted by molar-refractivity contribution is 5.97. The van der Waals surface area contributed by atoms with Crippen molar-refractivity contribution in [3.8, 4) is 6.07 Å². The van der Waals surface area contributed by atoms with Crippen LogP contribution in [0.2, 0.25) is 0 Å². The molecule has 0 bridgehead atoms. The van der Waals surface area contributed by atoms with Crippen molar-refractivity contribution >= 4 is 17.5 Å². The molecule has 0 aliphatic carbocycles. The molecular weight excluding hydrogens is 254 g/mol. The molecule has 20 heavy (non-hydrogen) atoms. The van der Waals surface area contributed by atoms with Gasteiger partial charge < -0.3 is 9.80 Å². The first-order chi connectivity index (χ1) is 9.61. The van der Waals surface area contributed by atoms with Gasteiger partial charge in [0.25, 0.3) is 0 Å². The minimum Gasteiger partial charge on any atom is -0.341 e. The summed E-state index contributed by atoms with van der Waals surface area (Å²) in [6, 6.07) is 8.70. The Hall–Kier alpha value is -2.35. The molecule has 104 valence electrons. The molecule has 0 saturated carbocycles. The average molecular weight is 271 g/mol. The van der Waals surface area contributed by atoms with Gasteiger partial charge in [0, 0.05) is 25.7 Å². The van der Waals surface area contributed by atoms with Crippen LogP contribution < -0.4 is 4.90 Å². The summed E-state index contributed by atoms with van der Waals surface area (Å²) >= 11 is 0. The van der Waals surface area contributed by atoms with Crippen LogP contribution in [-0.4, -0.2) is 36.3 Å². The van der Waals surface area contributed by atoms with E-state index in [0.29, 0.717) is 11.3 Å². The lowest BCUT2D eigenvalue weighted by atomic mass is 10.2. The third-order valence-corrected chi connectivity index (χ3v) is 3.44. The van der Waals surface area contributed by atoms with E-state index in [9.17, 15) is 9.59 Å². The Kier molecular flexibility index (Phi) is 4.36. The highest BCUT2D eigenvalue weighted by atomic mass is 16.2. The Morgan fingerprint density at radius 1 is 1.25 bits per heavy atom. The van der Waals surface area contributed by atoms with Gasteiger partial charge in [-0.05, 0) is 37.1 Å². The van der Waals surface area contributed by atoms with Crippen LogP contribution >= 0.6 is 0 Å². The highest BCUT2D eigenvalue weighted by Crippen LogP contribution is 2.16. The minimum atomic E-state index is -0.178. The van der Waals surface area contributed by atoms with Crippen LogP contribution in [0.15, 0.2) is 24.3 Å². The van der Waals surface area contributed by atoms with Crippen molar-refractivity contribution in [2.24, 2.45) is 0 Å². The molecular formula is C15H17N3O2. The lowest BCUT2D eigenvalue weighted by Gasteiger charge is -2.24. The van der Waals surface area contributed by atoms with E-state index >= 15 is 0 Å². The molecule has 5 nitrogen and oxygen atoms in total. The first-order valence-corrected chi connectivity index (χ1v) is 6.68. The van der Waals surface area contributed by atoms with E-state index in [1.54, 1.807) is 29.2 Å². The number of rotatable bonds is 3.